The Balaban J connectivity index is 1.73. The molecule has 0 unspecified atom stereocenters. The number of rotatable bonds is 5. The molecule has 0 fully saturated rings. The van der Waals surface area contributed by atoms with Crippen LogP contribution in [0.15, 0.2) is 53.3 Å². The van der Waals surface area contributed by atoms with E-state index in [4.69, 9.17) is 4.74 Å². The standard InChI is InChI=1S/C18H15N3O5/c1-12-19-16-8-3-2-7-15(16)17(22)20(12)9-10-26-18(23)13-5-4-6-14(11-13)21(24)25/h2-8,11H,9-10H2,1H3. The average molecular weight is 353 g/mol. The number of hydrogen-bond donors (Lipinski definition) is 0. The van der Waals surface area contributed by atoms with Crippen molar-refractivity contribution in [2.45, 2.75) is 13.5 Å². The predicted octanol–water partition coefficient (Wildman–Crippen LogP) is 2.47. The number of benzene rings is 2. The molecule has 0 amide bonds. The van der Waals surface area contributed by atoms with E-state index in [2.05, 4.69) is 4.98 Å². The first-order valence-corrected chi connectivity index (χ1v) is 7.85. The van der Waals surface area contributed by atoms with Crippen LogP contribution in [0.25, 0.3) is 10.9 Å². The van der Waals surface area contributed by atoms with Gasteiger partial charge in [0, 0.05) is 12.1 Å². The number of para-hydroxylation sites is 1. The minimum absolute atomic E-state index is 0.0533. The second kappa shape index (κ2) is 7.14. The molecule has 0 N–H and O–H groups in total. The second-order valence-electron chi connectivity index (χ2n) is 5.58. The maximum absolute atomic E-state index is 12.5. The van der Waals surface area contributed by atoms with Crippen molar-refractivity contribution in [3.05, 3.63) is 80.4 Å². The van der Waals surface area contributed by atoms with Gasteiger partial charge in [-0.2, -0.15) is 0 Å². The van der Waals surface area contributed by atoms with Gasteiger partial charge in [-0.1, -0.05) is 18.2 Å². The fourth-order valence-electron chi connectivity index (χ4n) is 2.60. The Labute approximate surface area is 147 Å². The van der Waals surface area contributed by atoms with Gasteiger partial charge in [-0.05, 0) is 25.1 Å². The highest BCUT2D eigenvalue weighted by atomic mass is 16.6. The zero-order valence-corrected chi connectivity index (χ0v) is 13.9. The molecular formula is C18H15N3O5. The van der Waals surface area contributed by atoms with Gasteiger partial charge in [0.2, 0.25) is 0 Å². The van der Waals surface area contributed by atoms with Gasteiger partial charge >= 0.3 is 5.97 Å². The molecule has 0 aliphatic carbocycles. The number of hydrogen-bond acceptors (Lipinski definition) is 6. The second-order valence-corrected chi connectivity index (χ2v) is 5.58. The molecule has 3 aromatic rings. The van der Waals surface area contributed by atoms with Crippen LogP contribution in [-0.2, 0) is 11.3 Å². The molecule has 1 aromatic heterocycles. The van der Waals surface area contributed by atoms with E-state index in [1.807, 2.05) is 0 Å². The highest BCUT2D eigenvalue weighted by Gasteiger charge is 2.13. The molecule has 0 spiro atoms. The molecule has 0 atom stereocenters. The van der Waals surface area contributed by atoms with Gasteiger partial charge in [-0.15, -0.1) is 0 Å². The maximum atomic E-state index is 12.5. The number of esters is 1. The molecule has 26 heavy (non-hydrogen) atoms. The summed E-state index contributed by atoms with van der Waals surface area (Å²) < 4.78 is 6.57. The van der Waals surface area contributed by atoms with E-state index in [-0.39, 0.29) is 30.0 Å². The van der Waals surface area contributed by atoms with Crippen molar-refractivity contribution in [2.75, 3.05) is 6.61 Å². The third-order valence-corrected chi connectivity index (χ3v) is 3.89. The van der Waals surface area contributed by atoms with Crippen LogP contribution in [0.5, 0.6) is 0 Å². The molecular weight excluding hydrogens is 338 g/mol. The summed E-state index contributed by atoms with van der Waals surface area (Å²) in [6.45, 7) is 1.79. The normalized spacial score (nSPS) is 10.7. The number of nitro groups is 1. The summed E-state index contributed by atoms with van der Waals surface area (Å²) in [4.78, 5) is 39.1. The summed E-state index contributed by atoms with van der Waals surface area (Å²) in [5.41, 5.74) is 0.296. The monoisotopic (exact) mass is 353 g/mol. The molecule has 8 nitrogen and oxygen atoms in total. The van der Waals surface area contributed by atoms with E-state index < -0.39 is 10.9 Å². The molecule has 0 aliphatic rings. The summed E-state index contributed by atoms with van der Waals surface area (Å²) in [5, 5.41) is 11.3. The lowest BCUT2D eigenvalue weighted by atomic mass is 10.2. The van der Waals surface area contributed by atoms with Crippen molar-refractivity contribution in [3.63, 3.8) is 0 Å². The third kappa shape index (κ3) is 3.44. The summed E-state index contributed by atoms with van der Waals surface area (Å²) in [6, 6.07) is 12.3. The average Bonchev–Trinajstić information content (AvgIpc) is 2.64. The third-order valence-electron chi connectivity index (χ3n) is 3.89. The van der Waals surface area contributed by atoms with Crippen LogP contribution in [0, 0.1) is 17.0 Å². The number of nitrogens with zero attached hydrogens (tertiary/aromatic N) is 3. The first-order valence-electron chi connectivity index (χ1n) is 7.85. The minimum Gasteiger partial charge on any atom is -0.460 e. The zero-order chi connectivity index (χ0) is 18.7. The molecule has 8 heteroatoms. The number of carbonyl (C=O) groups is 1. The lowest BCUT2D eigenvalue weighted by Gasteiger charge is -2.11. The first-order chi connectivity index (χ1) is 12.5. The molecule has 2 aromatic carbocycles. The van der Waals surface area contributed by atoms with Crippen LogP contribution < -0.4 is 5.56 Å². The van der Waals surface area contributed by atoms with Crippen molar-refractivity contribution in [3.8, 4) is 0 Å². The first kappa shape index (κ1) is 17.3. The van der Waals surface area contributed by atoms with E-state index in [1.54, 1.807) is 31.2 Å². The Bertz CT molecular complexity index is 1060. The summed E-state index contributed by atoms with van der Waals surface area (Å²) in [5.74, 6) is -0.173. The highest BCUT2D eigenvalue weighted by molar-refractivity contribution is 5.90. The van der Waals surface area contributed by atoms with Crippen molar-refractivity contribution in [1.82, 2.24) is 9.55 Å². The van der Waals surface area contributed by atoms with Crippen LogP contribution in [0.4, 0.5) is 5.69 Å². The molecule has 3 rings (SSSR count). The fourth-order valence-corrected chi connectivity index (χ4v) is 2.60. The van der Waals surface area contributed by atoms with Crippen molar-refractivity contribution in [1.29, 1.82) is 0 Å². The molecule has 0 saturated carbocycles. The molecule has 0 aliphatic heterocycles. The number of aryl methyl sites for hydroxylation is 1. The van der Waals surface area contributed by atoms with E-state index in [0.29, 0.717) is 16.7 Å². The van der Waals surface area contributed by atoms with E-state index in [1.165, 1.54) is 22.8 Å². The van der Waals surface area contributed by atoms with Crippen LogP contribution >= 0.6 is 0 Å². The summed E-state index contributed by atoms with van der Waals surface area (Å²) >= 11 is 0. The maximum Gasteiger partial charge on any atom is 0.338 e. The van der Waals surface area contributed by atoms with Crippen LogP contribution in [0.3, 0.4) is 0 Å². The Morgan fingerprint density at radius 2 is 2.00 bits per heavy atom. The Kier molecular flexibility index (Phi) is 4.74. The zero-order valence-electron chi connectivity index (χ0n) is 13.9. The largest absolute Gasteiger partial charge is 0.460 e. The van der Waals surface area contributed by atoms with Gasteiger partial charge in [0.05, 0.1) is 27.9 Å². The number of carbonyl (C=O) groups excluding carboxylic acids is 1. The summed E-state index contributed by atoms with van der Waals surface area (Å²) in [7, 11) is 0. The Morgan fingerprint density at radius 3 is 2.77 bits per heavy atom. The predicted molar refractivity (Wildman–Crippen MR) is 94.1 cm³/mol. The SMILES string of the molecule is Cc1nc2ccccc2c(=O)n1CCOC(=O)c1cccc([N+](=O)[O-])c1. The number of ether oxygens (including phenoxy) is 1. The molecule has 1 heterocycles. The van der Waals surface area contributed by atoms with Gasteiger partial charge in [0.25, 0.3) is 11.2 Å². The fraction of sp³-hybridized carbons (Fsp3) is 0.167. The van der Waals surface area contributed by atoms with Crippen molar-refractivity contribution in [2.24, 2.45) is 0 Å². The number of nitro benzene ring substituents is 1. The van der Waals surface area contributed by atoms with E-state index >= 15 is 0 Å². The van der Waals surface area contributed by atoms with Crippen molar-refractivity contribution >= 4 is 22.6 Å². The molecule has 0 saturated heterocycles. The molecule has 0 bridgehead atoms. The van der Waals surface area contributed by atoms with Crippen LogP contribution in [0.2, 0.25) is 0 Å². The van der Waals surface area contributed by atoms with Gasteiger partial charge in [-0.3, -0.25) is 19.5 Å². The van der Waals surface area contributed by atoms with Gasteiger partial charge in [-0.25, -0.2) is 9.78 Å². The van der Waals surface area contributed by atoms with Crippen LogP contribution in [-0.4, -0.2) is 27.1 Å². The topological polar surface area (TPSA) is 104 Å². The number of non-ortho nitro benzene ring substituents is 1. The quantitative estimate of drug-likeness (QED) is 0.396. The van der Waals surface area contributed by atoms with Gasteiger partial charge in [0.15, 0.2) is 0 Å². The summed E-state index contributed by atoms with van der Waals surface area (Å²) in [6.07, 6.45) is 0. The Hall–Kier alpha value is -3.55. The molecule has 0 radical (unpaired) electrons. The van der Waals surface area contributed by atoms with Gasteiger partial charge in [0.1, 0.15) is 12.4 Å². The van der Waals surface area contributed by atoms with E-state index in [9.17, 15) is 19.7 Å². The van der Waals surface area contributed by atoms with Crippen molar-refractivity contribution < 1.29 is 14.5 Å². The molecule has 132 valence electrons. The smallest absolute Gasteiger partial charge is 0.338 e. The minimum atomic E-state index is -0.687. The lowest BCUT2D eigenvalue weighted by Crippen LogP contribution is -2.26. The van der Waals surface area contributed by atoms with Gasteiger partial charge < -0.3 is 4.74 Å². The Morgan fingerprint density at radius 1 is 1.23 bits per heavy atom. The number of fused-ring (bicyclic) bond motifs is 1. The van der Waals surface area contributed by atoms with Crippen LogP contribution in [0.1, 0.15) is 16.2 Å². The highest BCUT2D eigenvalue weighted by Crippen LogP contribution is 2.14. The lowest BCUT2D eigenvalue weighted by molar-refractivity contribution is -0.384. The number of aromatic nitrogens is 2. The van der Waals surface area contributed by atoms with E-state index in [0.717, 1.165) is 6.07 Å².